The number of hydrogen-bond donors (Lipinski definition) is 2. The summed E-state index contributed by atoms with van der Waals surface area (Å²) in [6.45, 7) is 14.2. The molecule has 0 bridgehead atoms. The van der Waals surface area contributed by atoms with Gasteiger partial charge < -0.3 is 39.1 Å². The van der Waals surface area contributed by atoms with Crippen LogP contribution in [0.4, 0.5) is 10.6 Å². The van der Waals surface area contributed by atoms with Crippen LogP contribution >= 0.6 is 0 Å². The van der Waals surface area contributed by atoms with Crippen molar-refractivity contribution < 1.29 is 33.5 Å². The number of piperidine rings is 2. The fraction of sp³-hybridized carbons (Fsp3) is 0.625. The summed E-state index contributed by atoms with van der Waals surface area (Å²) in [5.74, 6) is -0.257. The van der Waals surface area contributed by atoms with Gasteiger partial charge in [0.1, 0.15) is 17.6 Å². The lowest BCUT2D eigenvalue weighted by molar-refractivity contribution is -0.141. The summed E-state index contributed by atoms with van der Waals surface area (Å²) in [5, 5.41) is 22.3. The third kappa shape index (κ3) is 9.26. The summed E-state index contributed by atoms with van der Waals surface area (Å²) in [5.41, 5.74) is 2.43. The number of carbonyl (C=O) groups is 3. The molecule has 0 radical (unpaired) electrons. The zero-order chi connectivity index (χ0) is 38.7. The number of benzene rings is 1. The Morgan fingerprint density at radius 2 is 1.61 bits per heavy atom. The van der Waals surface area contributed by atoms with E-state index in [2.05, 4.69) is 20.5 Å². The van der Waals surface area contributed by atoms with E-state index in [-0.39, 0.29) is 55.0 Å². The molecule has 0 saturated carbocycles. The Balaban J connectivity index is 1.02. The van der Waals surface area contributed by atoms with Gasteiger partial charge in [-0.15, -0.1) is 0 Å². The maximum atomic E-state index is 14.2. The van der Waals surface area contributed by atoms with Crippen molar-refractivity contribution in [2.24, 2.45) is 13.0 Å². The molecule has 2 N–H and O–H groups in total. The molecule has 0 spiro atoms. The normalized spacial score (nSPS) is 21.4. The van der Waals surface area contributed by atoms with Crippen molar-refractivity contribution in [2.45, 2.75) is 116 Å². The van der Waals surface area contributed by atoms with Gasteiger partial charge in [-0.3, -0.25) is 14.3 Å². The number of likely N-dealkylation sites (tertiary alicyclic amines) is 2. The lowest BCUT2D eigenvalue weighted by Gasteiger charge is -2.37. The van der Waals surface area contributed by atoms with Gasteiger partial charge in [0.2, 0.25) is 11.8 Å². The van der Waals surface area contributed by atoms with E-state index in [1.165, 1.54) is 4.90 Å². The van der Waals surface area contributed by atoms with Crippen LogP contribution in [0.25, 0.3) is 11.3 Å². The summed E-state index contributed by atoms with van der Waals surface area (Å²) in [6.07, 6.45) is 4.30. The Morgan fingerprint density at radius 1 is 0.963 bits per heavy atom. The van der Waals surface area contributed by atoms with E-state index in [0.717, 1.165) is 55.6 Å². The number of aliphatic hydroxyl groups excluding tert-OH is 1. The van der Waals surface area contributed by atoms with E-state index < -0.39 is 23.7 Å². The summed E-state index contributed by atoms with van der Waals surface area (Å²) < 4.78 is 19.6. The first-order chi connectivity index (χ1) is 25.7. The molecule has 2 aromatic heterocycles. The number of hydrogen-bond acceptors (Lipinski definition) is 10. The third-order valence-corrected chi connectivity index (χ3v) is 10.8. The molecule has 6 rings (SSSR count). The molecule has 0 aliphatic carbocycles. The average Bonchev–Trinajstić information content (AvgIpc) is 3.88. The number of amides is 3. The number of β-amino-alcohol motifs (C(OH)–C–C–N with tert-alkyl or cyclic N) is 1. The molecule has 3 saturated heterocycles. The van der Waals surface area contributed by atoms with Crippen LogP contribution < -0.4 is 10.2 Å². The van der Waals surface area contributed by atoms with Crippen LogP contribution in [0.5, 0.6) is 0 Å². The van der Waals surface area contributed by atoms with Crippen LogP contribution in [-0.4, -0.2) is 110 Å². The average molecular weight is 748 g/mol. The maximum absolute atomic E-state index is 14.2. The van der Waals surface area contributed by atoms with Crippen LogP contribution in [0.15, 0.2) is 47.1 Å². The second kappa shape index (κ2) is 16.5. The lowest BCUT2D eigenvalue weighted by Crippen LogP contribution is -2.48. The topological polar surface area (TPSA) is 156 Å². The molecular formula is C40H57N7O7. The number of aromatic nitrogens is 3. The minimum atomic E-state index is -0.809. The van der Waals surface area contributed by atoms with Crippen LogP contribution in [-0.2, 0) is 26.1 Å². The summed E-state index contributed by atoms with van der Waals surface area (Å²) >= 11 is 0. The molecule has 54 heavy (non-hydrogen) atoms. The fourth-order valence-corrected chi connectivity index (χ4v) is 7.78. The molecule has 1 aromatic carbocycles. The molecular weight excluding hydrogens is 690 g/mol. The van der Waals surface area contributed by atoms with E-state index in [1.54, 1.807) is 11.1 Å². The SMILES string of the molecule is CC(C)[C@H](C(=O)N1C[C@H](O)C[C@H]1C(=O)N[C@@H](C)c1ccc(-c2ccnn2C)cc1)c1cc(N2CCC(OC3CCN(C(=O)OC(C)(C)C)CC3)CC2)no1. The first kappa shape index (κ1) is 39.3. The minimum Gasteiger partial charge on any atom is -0.444 e. The zero-order valence-electron chi connectivity index (χ0n) is 32.7. The second-order valence-corrected chi connectivity index (χ2v) is 16.4. The number of ether oxygens (including phenoxy) is 2. The van der Waals surface area contributed by atoms with Crippen molar-refractivity contribution in [1.82, 2.24) is 30.1 Å². The summed E-state index contributed by atoms with van der Waals surface area (Å²) in [6, 6.07) is 10.6. The van der Waals surface area contributed by atoms with Gasteiger partial charge in [0.25, 0.3) is 0 Å². The van der Waals surface area contributed by atoms with E-state index in [4.69, 9.17) is 14.0 Å². The largest absolute Gasteiger partial charge is 0.444 e. The van der Waals surface area contributed by atoms with Gasteiger partial charge in [0.05, 0.1) is 30.0 Å². The smallest absolute Gasteiger partial charge is 0.410 e. The molecule has 294 valence electrons. The highest BCUT2D eigenvalue weighted by Crippen LogP contribution is 2.34. The molecule has 4 atom stereocenters. The van der Waals surface area contributed by atoms with Crippen molar-refractivity contribution in [3.63, 3.8) is 0 Å². The van der Waals surface area contributed by atoms with Crippen molar-refractivity contribution >= 4 is 23.7 Å². The van der Waals surface area contributed by atoms with Crippen molar-refractivity contribution in [1.29, 1.82) is 0 Å². The van der Waals surface area contributed by atoms with Crippen LogP contribution in [0.2, 0.25) is 0 Å². The summed E-state index contributed by atoms with van der Waals surface area (Å²) in [4.78, 5) is 45.7. The molecule has 3 amide bonds. The van der Waals surface area contributed by atoms with Gasteiger partial charge in [0.15, 0.2) is 11.6 Å². The Bertz CT molecular complexity index is 1730. The van der Waals surface area contributed by atoms with Gasteiger partial charge in [-0.05, 0) is 76.5 Å². The van der Waals surface area contributed by atoms with Crippen molar-refractivity contribution in [3.8, 4) is 11.3 Å². The molecule has 3 aliphatic rings. The standard InChI is InChI=1S/C40H57N7O7/c1-25(2)36(34-23-35(43-54-34)45-18-13-30(14-19-45)52-31-15-20-46(21-16-31)39(51)53-40(4,5)6)38(50)47-24-29(48)22-33(47)37(49)42-26(3)27-8-10-28(11-9-27)32-12-17-41-44(32)7/h8-12,17,23,25-26,29-31,33,36,48H,13-16,18-22,24H2,1-7H3,(H,42,49)/t26-,29+,33-,36-/m0/s1. The zero-order valence-corrected chi connectivity index (χ0v) is 32.7. The second-order valence-electron chi connectivity index (χ2n) is 16.4. The molecule has 3 aliphatic heterocycles. The first-order valence-corrected chi connectivity index (χ1v) is 19.4. The van der Waals surface area contributed by atoms with Crippen LogP contribution in [0.3, 0.4) is 0 Å². The van der Waals surface area contributed by atoms with Crippen molar-refractivity contribution in [2.75, 3.05) is 37.6 Å². The number of carbonyl (C=O) groups excluding carboxylic acids is 3. The number of nitrogens with zero attached hydrogens (tertiary/aromatic N) is 6. The predicted octanol–water partition coefficient (Wildman–Crippen LogP) is 5.04. The van der Waals surface area contributed by atoms with Gasteiger partial charge in [-0.1, -0.05) is 43.3 Å². The number of aliphatic hydroxyl groups is 1. The highest BCUT2D eigenvalue weighted by Gasteiger charge is 2.44. The molecule has 14 heteroatoms. The highest BCUT2D eigenvalue weighted by atomic mass is 16.6. The fourth-order valence-electron chi connectivity index (χ4n) is 7.78. The Morgan fingerprint density at radius 3 is 2.20 bits per heavy atom. The lowest BCUT2D eigenvalue weighted by atomic mass is 9.91. The van der Waals surface area contributed by atoms with E-state index in [0.29, 0.717) is 24.7 Å². The van der Waals surface area contributed by atoms with Crippen LogP contribution in [0.1, 0.15) is 96.9 Å². The number of aryl methyl sites for hydroxylation is 1. The van der Waals surface area contributed by atoms with Gasteiger partial charge >= 0.3 is 6.09 Å². The van der Waals surface area contributed by atoms with Crippen LogP contribution in [0, 0.1) is 5.92 Å². The monoisotopic (exact) mass is 747 g/mol. The molecule has 3 fully saturated rings. The third-order valence-electron chi connectivity index (χ3n) is 10.8. The first-order valence-electron chi connectivity index (χ1n) is 19.4. The quantitative estimate of drug-likeness (QED) is 0.288. The highest BCUT2D eigenvalue weighted by molar-refractivity contribution is 5.91. The molecule has 3 aromatic rings. The van der Waals surface area contributed by atoms with E-state index in [9.17, 15) is 19.5 Å². The number of rotatable bonds is 10. The minimum absolute atomic E-state index is 0.0719. The summed E-state index contributed by atoms with van der Waals surface area (Å²) in [7, 11) is 1.89. The number of anilines is 1. The maximum Gasteiger partial charge on any atom is 0.410 e. The Kier molecular flexibility index (Phi) is 12.0. The predicted molar refractivity (Wildman–Crippen MR) is 203 cm³/mol. The Hall–Kier alpha value is -4.43. The molecule has 5 heterocycles. The van der Waals surface area contributed by atoms with Gasteiger partial charge in [-0.25, -0.2) is 4.79 Å². The van der Waals surface area contributed by atoms with E-state index >= 15 is 0 Å². The molecule has 0 unspecified atom stereocenters. The number of nitrogens with one attached hydrogen (secondary N) is 1. The molecule has 14 nitrogen and oxygen atoms in total. The van der Waals surface area contributed by atoms with Crippen molar-refractivity contribution in [3.05, 3.63) is 53.9 Å². The van der Waals surface area contributed by atoms with Gasteiger partial charge in [-0.2, -0.15) is 5.10 Å². The van der Waals surface area contributed by atoms with Gasteiger partial charge in [0, 0.05) is 58.5 Å². The van der Waals surface area contributed by atoms with E-state index in [1.807, 2.05) is 89.7 Å². The Labute approximate surface area is 318 Å².